The van der Waals surface area contributed by atoms with Crippen molar-refractivity contribution >= 4 is 37.5 Å². The second kappa shape index (κ2) is 10.5. The van der Waals surface area contributed by atoms with E-state index in [0.29, 0.717) is 30.1 Å². The maximum absolute atomic E-state index is 13.2. The Morgan fingerprint density at radius 1 is 1.18 bits per heavy atom. The Morgan fingerprint density at radius 3 is 2.65 bits per heavy atom. The normalized spacial score (nSPS) is 18.0. The van der Waals surface area contributed by atoms with E-state index in [4.69, 9.17) is 4.74 Å². The van der Waals surface area contributed by atoms with E-state index in [1.807, 2.05) is 30.5 Å². The second-order valence-corrected chi connectivity index (χ2v) is 11.5. The number of hydrogen-bond donors (Lipinski definition) is 0. The number of sulfonamides is 1. The molecule has 7 nitrogen and oxygen atoms in total. The van der Waals surface area contributed by atoms with Gasteiger partial charge in [-0.05, 0) is 68.1 Å². The van der Waals surface area contributed by atoms with Crippen molar-refractivity contribution < 1.29 is 17.9 Å². The number of fused-ring (bicyclic) bond motifs is 1. The molecule has 1 aliphatic heterocycles. The summed E-state index contributed by atoms with van der Waals surface area (Å²) in [4.78, 5) is 18.2. The first kappa shape index (κ1) is 24.8. The van der Waals surface area contributed by atoms with Gasteiger partial charge in [0.15, 0.2) is 4.80 Å². The van der Waals surface area contributed by atoms with E-state index in [-0.39, 0.29) is 10.9 Å². The summed E-state index contributed by atoms with van der Waals surface area (Å²) < 4.78 is 36.3. The van der Waals surface area contributed by atoms with Crippen molar-refractivity contribution in [2.45, 2.75) is 57.0 Å². The molecule has 182 valence electrons. The summed E-state index contributed by atoms with van der Waals surface area (Å²) in [6, 6.07) is 12.3. The molecular formula is C25H31N3O4S2. The number of piperidine rings is 1. The molecule has 1 amide bonds. The van der Waals surface area contributed by atoms with Crippen molar-refractivity contribution in [1.29, 1.82) is 0 Å². The molecule has 1 unspecified atom stereocenters. The van der Waals surface area contributed by atoms with Crippen LogP contribution in [0.4, 0.5) is 0 Å². The van der Waals surface area contributed by atoms with Gasteiger partial charge in [-0.15, -0.1) is 0 Å². The molecule has 3 aromatic rings. The number of rotatable bonds is 7. The van der Waals surface area contributed by atoms with E-state index < -0.39 is 15.9 Å². The quantitative estimate of drug-likeness (QED) is 0.482. The van der Waals surface area contributed by atoms with Crippen molar-refractivity contribution in [3.8, 4) is 0 Å². The highest BCUT2D eigenvalue weighted by atomic mass is 32.2. The second-order valence-electron chi connectivity index (χ2n) is 8.62. The molecule has 0 N–H and O–H groups in total. The molecule has 0 bridgehead atoms. The third kappa shape index (κ3) is 5.02. The zero-order chi connectivity index (χ0) is 24.3. The van der Waals surface area contributed by atoms with Crippen LogP contribution in [0.15, 0.2) is 52.4 Å². The van der Waals surface area contributed by atoms with Crippen LogP contribution < -0.4 is 4.80 Å². The van der Waals surface area contributed by atoms with E-state index in [9.17, 15) is 13.2 Å². The fraction of sp³-hybridized carbons (Fsp3) is 0.440. The Labute approximate surface area is 204 Å². The summed E-state index contributed by atoms with van der Waals surface area (Å²) >= 11 is 1.46. The highest BCUT2D eigenvalue weighted by Gasteiger charge is 2.32. The molecule has 0 aliphatic carbocycles. The number of methoxy groups -OCH3 is 1. The molecule has 1 aromatic heterocycles. The van der Waals surface area contributed by atoms with Crippen molar-refractivity contribution in [3.63, 3.8) is 0 Å². The molecule has 0 radical (unpaired) electrons. The molecular weight excluding hydrogens is 470 g/mol. The zero-order valence-electron chi connectivity index (χ0n) is 19.9. The average molecular weight is 502 g/mol. The molecule has 0 spiro atoms. The van der Waals surface area contributed by atoms with Crippen molar-refractivity contribution in [3.05, 3.63) is 58.4 Å². The van der Waals surface area contributed by atoms with Gasteiger partial charge >= 0.3 is 0 Å². The lowest BCUT2D eigenvalue weighted by Gasteiger charge is -2.34. The largest absolute Gasteiger partial charge is 0.383 e. The first-order valence-electron chi connectivity index (χ1n) is 11.6. The van der Waals surface area contributed by atoms with Gasteiger partial charge in [0.1, 0.15) is 0 Å². The average Bonchev–Trinajstić information content (AvgIpc) is 3.18. The van der Waals surface area contributed by atoms with Crippen LogP contribution in [0.2, 0.25) is 0 Å². The van der Waals surface area contributed by atoms with Crippen LogP contribution in [-0.4, -0.2) is 49.5 Å². The third-order valence-electron chi connectivity index (χ3n) is 6.31. The number of amides is 1. The predicted molar refractivity (Wildman–Crippen MR) is 135 cm³/mol. The fourth-order valence-corrected chi connectivity index (χ4v) is 7.34. The van der Waals surface area contributed by atoms with Crippen molar-refractivity contribution in [2.24, 2.45) is 4.99 Å². The number of benzene rings is 2. The minimum Gasteiger partial charge on any atom is -0.383 e. The number of carbonyl (C=O) groups is 1. The lowest BCUT2D eigenvalue weighted by Crippen LogP contribution is -2.43. The standard InChI is InChI=1S/C25H31N3O4S2/c1-4-20-7-5-6-14-28(20)34(30,31)21-11-9-19(10-12-21)24(29)26-25-27(15-16-32-3)22-13-8-18(2)17-23(22)33-25/h8-13,17,20H,4-7,14-16H2,1-3H3. The maximum Gasteiger partial charge on any atom is 0.279 e. The van der Waals surface area contributed by atoms with Gasteiger partial charge in [-0.3, -0.25) is 4.79 Å². The smallest absolute Gasteiger partial charge is 0.279 e. The number of nitrogens with zero attached hydrogens (tertiary/aromatic N) is 3. The molecule has 0 saturated carbocycles. The van der Waals surface area contributed by atoms with Gasteiger partial charge in [-0.1, -0.05) is 30.7 Å². The van der Waals surface area contributed by atoms with Gasteiger partial charge in [-0.2, -0.15) is 9.30 Å². The molecule has 2 aromatic carbocycles. The third-order valence-corrected chi connectivity index (χ3v) is 9.31. The van der Waals surface area contributed by atoms with Gasteiger partial charge in [-0.25, -0.2) is 8.42 Å². The minimum atomic E-state index is -3.59. The van der Waals surface area contributed by atoms with Gasteiger partial charge in [0.05, 0.1) is 21.7 Å². The molecule has 1 aliphatic rings. The van der Waals surface area contributed by atoms with Gasteiger partial charge in [0.2, 0.25) is 10.0 Å². The van der Waals surface area contributed by atoms with E-state index in [0.717, 1.165) is 41.5 Å². The molecule has 9 heteroatoms. The van der Waals surface area contributed by atoms with Gasteiger partial charge in [0.25, 0.3) is 5.91 Å². The highest BCUT2D eigenvalue weighted by molar-refractivity contribution is 7.89. The van der Waals surface area contributed by atoms with Crippen LogP contribution in [0.25, 0.3) is 10.2 Å². The molecule has 1 atom stereocenters. The van der Waals surface area contributed by atoms with Crippen LogP contribution in [0.5, 0.6) is 0 Å². The Kier molecular flexibility index (Phi) is 7.67. The number of aryl methyl sites for hydroxylation is 1. The van der Waals surface area contributed by atoms with E-state index in [1.54, 1.807) is 23.5 Å². The first-order valence-corrected chi connectivity index (χ1v) is 13.9. The van der Waals surface area contributed by atoms with E-state index in [2.05, 4.69) is 11.1 Å². The van der Waals surface area contributed by atoms with Gasteiger partial charge in [0, 0.05) is 31.8 Å². The highest BCUT2D eigenvalue weighted by Crippen LogP contribution is 2.27. The SMILES string of the molecule is CCC1CCCCN1S(=O)(=O)c1ccc(C(=O)N=c2sc3cc(C)ccc3n2CCOC)cc1. The monoisotopic (exact) mass is 501 g/mol. The van der Waals surface area contributed by atoms with E-state index in [1.165, 1.54) is 23.5 Å². The Morgan fingerprint density at radius 2 is 1.94 bits per heavy atom. The predicted octanol–water partition coefficient (Wildman–Crippen LogP) is 4.35. The fourth-order valence-electron chi connectivity index (χ4n) is 4.42. The summed E-state index contributed by atoms with van der Waals surface area (Å²) in [6.45, 7) is 5.68. The zero-order valence-corrected chi connectivity index (χ0v) is 21.5. The van der Waals surface area contributed by atoms with Crippen LogP contribution >= 0.6 is 11.3 Å². The van der Waals surface area contributed by atoms with Crippen molar-refractivity contribution in [1.82, 2.24) is 8.87 Å². The number of thiazole rings is 1. The lowest BCUT2D eigenvalue weighted by molar-refractivity contribution is 0.0997. The molecule has 4 rings (SSSR count). The van der Waals surface area contributed by atoms with Crippen LogP contribution in [0.1, 0.15) is 48.5 Å². The summed E-state index contributed by atoms with van der Waals surface area (Å²) in [6.07, 6.45) is 3.62. The summed E-state index contributed by atoms with van der Waals surface area (Å²) in [5, 5.41) is 0. The number of aromatic nitrogens is 1. The lowest BCUT2D eigenvalue weighted by atomic mass is 10.0. The Bertz CT molecular complexity index is 1340. The number of carbonyl (C=O) groups excluding carboxylic acids is 1. The Hall–Kier alpha value is -2.33. The van der Waals surface area contributed by atoms with Gasteiger partial charge < -0.3 is 9.30 Å². The number of hydrogen-bond acceptors (Lipinski definition) is 5. The van der Waals surface area contributed by atoms with Crippen LogP contribution in [0, 0.1) is 6.92 Å². The maximum atomic E-state index is 13.2. The van der Waals surface area contributed by atoms with Crippen LogP contribution in [0.3, 0.4) is 0 Å². The van der Waals surface area contributed by atoms with Crippen LogP contribution in [-0.2, 0) is 21.3 Å². The Balaban J connectivity index is 1.64. The molecule has 2 heterocycles. The molecule has 34 heavy (non-hydrogen) atoms. The minimum absolute atomic E-state index is 0.0363. The topological polar surface area (TPSA) is 81.0 Å². The number of ether oxygens (including phenoxy) is 1. The first-order chi connectivity index (χ1) is 16.3. The summed E-state index contributed by atoms with van der Waals surface area (Å²) in [5.41, 5.74) is 2.51. The summed E-state index contributed by atoms with van der Waals surface area (Å²) in [7, 11) is -1.95. The summed E-state index contributed by atoms with van der Waals surface area (Å²) in [5.74, 6) is -0.400. The van der Waals surface area contributed by atoms with Crippen molar-refractivity contribution in [2.75, 3.05) is 20.3 Å². The molecule has 1 fully saturated rings. The van der Waals surface area contributed by atoms with E-state index >= 15 is 0 Å². The molecule has 1 saturated heterocycles.